The van der Waals surface area contributed by atoms with Crippen molar-refractivity contribution in [2.24, 2.45) is 0 Å². The van der Waals surface area contributed by atoms with Crippen LogP contribution in [0.25, 0.3) is 0 Å². The Hall–Kier alpha value is -1.26. The number of anilines is 2. The lowest BCUT2D eigenvalue weighted by Gasteiger charge is -2.23. The lowest BCUT2D eigenvalue weighted by atomic mass is 10.1. The zero-order valence-corrected chi connectivity index (χ0v) is 10.6. The van der Waals surface area contributed by atoms with Gasteiger partial charge in [0.15, 0.2) is 0 Å². The summed E-state index contributed by atoms with van der Waals surface area (Å²) < 4.78 is 5.27. The van der Waals surface area contributed by atoms with Crippen LogP contribution in [0.4, 0.5) is 11.4 Å². The summed E-state index contributed by atoms with van der Waals surface area (Å²) in [5.74, 6) is 0. The molecule has 0 atom stereocenters. The summed E-state index contributed by atoms with van der Waals surface area (Å²) in [4.78, 5) is 2.23. The average Bonchev–Trinajstić information content (AvgIpc) is 2.33. The minimum atomic E-state index is 0.0765. The predicted molar refractivity (Wildman–Crippen MR) is 71.4 cm³/mol. The van der Waals surface area contributed by atoms with Gasteiger partial charge in [-0.2, -0.15) is 0 Å². The van der Waals surface area contributed by atoms with E-state index >= 15 is 0 Å². The molecule has 1 rings (SSSR count). The molecule has 0 amide bonds. The second-order valence-electron chi connectivity index (χ2n) is 3.96. The number of ether oxygens (including phenoxy) is 1. The number of aliphatic hydroxyl groups excluding tert-OH is 1. The van der Waals surface area contributed by atoms with E-state index in [9.17, 15) is 0 Å². The molecule has 0 aliphatic heterocycles. The van der Waals surface area contributed by atoms with E-state index in [0.29, 0.717) is 13.2 Å². The van der Waals surface area contributed by atoms with Crippen molar-refractivity contribution < 1.29 is 9.84 Å². The molecule has 0 spiro atoms. The molecule has 3 N–H and O–H groups in total. The average molecular weight is 238 g/mol. The second kappa shape index (κ2) is 7.14. The largest absolute Gasteiger partial charge is 0.399 e. The molecule has 4 nitrogen and oxygen atoms in total. The zero-order valence-electron chi connectivity index (χ0n) is 10.6. The molecule has 0 unspecified atom stereocenters. The number of nitrogens with two attached hydrogens (primary N) is 1. The van der Waals surface area contributed by atoms with E-state index in [0.717, 1.165) is 30.0 Å². The number of hydrogen-bond acceptors (Lipinski definition) is 4. The Morgan fingerprint density at radius 2 is 2.12 bits per heavy atom. The van der Waals surface area contributed by atoms with Crippen molar-refractivity contribution in [1.82, 2.24) is 0 Å². The normalized spacial score (nSPS) is 10.5. The topological polar surface area (TPSA) is 58.7 Å². The third-order valence-electron chi connectivity index (χ3n) is 2.74. The molecule has 17 heavy (non-hydrogen) atoms. The van der Waals surface area contributed by atoms with Crippen molar-refractivity contribution >= 4 is 11.4 Å². The van der Waals surface area contributed by atoms with Gasteiger partial charge in [-0.1, -0.05) is 0 Å². The highest BCUT2D eigenvalue weighted by Gasteiger charge is 2.05. The van der Waals surface area contributed by atoms with Crippen LogP contribution in [0.3, 0.4) is 0 Å². The Labute approximate surface area is 103 Å². The van der Waals surface area contributed by atoms with Crippen molar-refractivity contribution in [3.8, 4) is 0 Å². The number of rotatable bonds is 7. The molecule has 1 aromatic rings. The number of likely N-dealkylation sites (N-methyl/N-ethyl adjacent to an activating group) is 1. The van der Waals surface area contributed by atoms with Gasteiger partial charge in [-0.25, -0.2) is 0 Å². The molecule has 0 saturated carbocycles. The first-order valence-electron chi connectivity index (χ1n) is 5.98. The molecule has 1 aromatic carbocycles. The molecule has 0 heterocycles. The van der Waals surface area contributed by atoms with Gasteiger partial charge in [-0.05, 0) is 37.6 Å². The van der Waals surface area contributed by atoms with Crippen molar-refractivity contribution in [3.05, 3.63) is 23.8 Å². The minimum absolute atomic E-state index is 0.0765. The van der Waals surface area contributed by atoms with Crippen LogP contribution in [0, 0.1) is 6.92 Å². The molecule has 96 valence electrons. The maximum Gasteiger partial charge on any atom is 0.0698 e. The van der Waals surface area contributed by atoms with Gasteiger partial charge < -0.3 is 20.5 Å². The molecule has 0 radical (unpaired) electrons. The number of aryl methyl sites for hydroxylation is 1. The maximum absolute atomic E-state index is 8.62. The lowest BCUT2D eigenvalue weighted by Crippen LogP contribution is -2.27. The smallest absolute Gasteiger partial charge is 0.0698 e. The molecular formula is C13H22N2O2. The summed E-state index contributed by atoms with van der Waals surface area (Å²) in [7, 11) is 0. The summed E-state index contributed by atoms with van der Waals surface area (Å²) in [6, 6.07) is 6.05. The fraction of sp³-hybridized carbons (Fsp3) is 0.538. The first kappa shape index (κ1) is 13.8. The van der Waals surface area contributed by atoms with Crippen molar-refractivity contribution in [1.29, 1.82) is 0 Å². The fourth-order valence-corrected chi connectivity index (χ4v) is 1.67. The van der Waals surface area contributed by atoms with Crippen LogP contribution in [-0.4, -0.2) is 38.0 Å². The van der Waals surface area contributed by atoms with E-state index < -0.39 is 0 Å². The van der Waals surface area contributed by atoms with E-state index in [1.165, 1.54) is 0 Å². The number of aliphatic hydroxyl groups is 1. The van der Waals surface area contributed by atoms with E-state index in [-0.39, 0.29) is 6.61 Å². The van der Waals surface area contributed by atoms with E-state index in [1.54, 1.807) is 0 Å². The molecule has 0 aromatic heterocycles. The zero-order chi connectivity index (χ0) is 12.7. The first-order chi connectivity index (χ1) is 8.19. The first-order valence-corrected chi connectivity index (χ1v) is 5.98. The Morgan fingerprint density at radius 3 is 2.71 bits per heavy atom. The van der Waals surface area contributed by atoms with E-state index in [1.807, 2.05) is 19.1 Å². The molecule has 4 heteroatoms. The number of nitrogens with zero attached hydrogens (tertiary/aromatic N) is 1. The Balaban J connectivity index is 2.56. The standard InChI is InChI=1S/C13H22N2O2/c1-3-15(6-8-17-9-7-16)12-4-5-13(14)11(2)10-12/h4-5,10,16H,3,6-9,14H2,1-2H3. The number of hydrogen-bond donors (Lipinski definition) is 2. The molecule has 0 bridgehead atoms. The van der Waals surface area contributed by atoms with Gasteiger partial charge >= 0.3 is 0 Å². The highest BCUT2D eigenvalue weighted by atomic mass is 16.5. The molecular weight excluding hydrogens is 216 g/mol. The maximum atomic E-state index is 8.62. The highest BCUT2D eigenvalue weighted by Crippen LogP contribution is 2.20. The Bertz CT molecular complexity index is 342. The Morgan fingerprint density at radius 1 is 1.35 bits per heavy atom. The molecule has 0 saturated heterocycles. The van der Waals surface area contributed by atoms with Gasteiger partial charge in [0, 0.05) is 24.5 Å². The van der Waals surface area contributed by atoms with Gasteiger partial charge in [-0.3, -0.25) is 0 Å². The molecule has 0 aliphatic rings. The monoisotopic (exact) mass is 238 g/mol. The molecule has 0 aliphatic carbocycles. The second-order valence-corrected chi connectivity index (χ2v) is 3.96. The van der Waals surface area contributed by atoms with Crippen LogP contribution in [0.5, 0.6) is 0 Å². The quantitative estimate of drug-likeness (QED) is 0.557. The Kier molecular flexibility index (Phi) is 5.80. The van der Waals surface area contributed by atoms with Crippen LogP contribution in [0.1, 0.15) is 12.5 Å². The van der Waals surface area contributed by atoms with Gasteiger partial charge in [0.2, 0.25) is 0 Å². The predicted octanol–water partition coefficient (Wildman–Crippen LogP) is 1.41. The van der Waals surface area contributed by atoms with Crippen molar-refractivity contribution in [2.45, 2.75) is 13.8 Å². The van der Waals surface area contributed by atoms with Crippen molar-refractivity contribution in [3.63, 3.8) is 0 Å². The van der Waals surface area contributed by atoms with E-state index in [2.05, 4.69) is 17.9 Å². The minimum Gasteiger partial charge on any atom is -0.399 e. The van der Waals surface area contributed by atoms with Crippen LogP contribution in [-0.2, 0) is 4.74 Å². The van der Waals surface area contributed by atoms with Gasteiger partial charge in [0.1, 0.15) is 0 Å². The van der Waals surface area contributed by atoms with Crippen LogP contribution in [0.2, 0.25) is 0 Å². The SMILES string of the molecule is CCN(CCOCCO)c1ccc(N)c(C)c1. The third kappa shape index (κ3) is 4.24. The molecule has 0 fully saturated rings. The van der Waals surface area contributed by atoms with Gasteiger partial charge in [0.25, 0.3) is 0 Å². The van der Waals surface area contributed by atoms with Crippen LogP contribution in [0.15, 0.2) is 18.2 Å². The summed E-state index contributed by atoms with van der Waals surface area (Å²) in [6.07, 6.45) is 0. The number of nitrogen functional groups attached to an aromatic ring is 1. The van der Waals surface area contributed by atoms with E-state index in [4.69, 9.17) is 15.6 Å². The van der Waals surface area contributed by atoms with Crippen LogP contribution < -0.4 is 10.6 Å². The summed E-state index contributed by atoms with van der Waals surface area (Å²) in [6.45, 7) is 6.96. The summed E-state index contributed by atoms with van der Waals surface area (Å²) >= 11 is 0. The summed E-state index contributed by atoms with van der Waals surface area (Å²) in [5, 5.41) is 8.62. The van der Waals surface area contributed by atoms with Gasteiger partial charge in [0.05, 0.1) is 19.8 Å². The highest BCUT2D eigenvalue weighted by molar-refractivity contribution is 5.57. The van der Waals surface area contributed by atoms with Gasteiger partial charge in [-0.15, -0.1) is 0 Å². The number of benzene rings is 1. The fourth-order valence-electron chi connectivity index (χ4n) is 1.67. The third-order valence-corrected chi connectivity index (χ3v) is 2.74. The summed E-state index contributed by atoms with van der Waals surface area (Å²) in [5.41, 5.74) is 8.87. The van der Waals surface area contributed by atoms with Crippen LogP contribution >= 0.6 is 0 Å². The lowest BCUT2D eigenvalue weighted by molar-refractivity contribution is 0.0967. The van der Waals surface area contributed by atoms with Crippen molar-refractivity contribution in [2.75, 3.05) is 43.5 Å².